The monoisotopic (exact) mass is 319 g/mol. The normalized spacial score (nSPS) is 21.0. The highest BCUT2D eigenvalue weighted by Crippen LogP contribution is 2.23. The molecule has 1 N–H and O–H groups in total. The molecule has 1 saturated carbocycles. The Hall–Kier alpha value is -1.62. The van der Waals surface area contributed by atoms with Gasteiger partial charge in [0, 0.05) is 37.9 Å². The predicted molar refractivity (Wildman–Crippen MR) is 90.1 cm³/mol. The molecule has 23 heavy (non-hydrogen) atoms. The number of hydrogen-bond acceptors (Lipinski definition) is 2. The van der Waals surface area contributed by atoms with Gasteiger partial charge < -0.3 is 10.2 Å². The molecule has 2 amide bonds. The Balaban J connectivity index is 1.48. The van der Waals surface area contributed by atoms with Gasteiger partial charge in [-0.25, -0.2) is 9.18 Å². The van der Waals surface area contributed by atoms with Gasteiger partial charge in [-0.15, -0.1) is 0 Å². The molecule has 1 aromatic carbocycles. The van der Waals surface area contributed by atoms with E-state index in [4.69, 9.17) is 0 Å². The Bertz CT molecular complexity index is 504. The molecule has 0 radical (unpaired) electrons. The lowest BCUT2D eigenvalue weighted by Gasteiger charge is -2.39. The summed E-state index contributed by atoms with van der Waals surface area (Å²) in [5, 5.41) is 2.85. The standard InChI is InChI=1S/C18H26FN3O/c19-15-7-9-16(10-8-15)20-18(23)22-13-11-21(12-14-22)17-5-3-1-2-4-6-17/h7-10,17H,1-6,11-14H2,(H,20,23). The summed E-state index contributed by atoms with van der Waals surface area (Å²) < 4.78 is 12.9. The molecule has 5 heteroatoms. The van der Waals surface area contributed by atoms with Crippen LogP contribution in [0, 0.1) is 5.82 Å². The lowest BCUT2D eigenvalue weighted by Crippen LogP contribution is -2.52. The van der Waals surface area contributed by atoms with Crippen molar-refractivity contribution in [2.75, 3.05) is 31.5 Å². The molecular weight excluding hydrogens is 293 g/mol. The second-order valence-corrected chi connectivity index (χ2v) is 6.61. The van der Waals surface area contributed by atoms with Crippen molar-refractivity contribution >= 4 is 11.7 Å². The Kier molecular flexibility index (Phi) is 5.49. The second-order valence-electron chi connectivity index (χ2n) is 6.61. The van der Waals surface area contributed by atoms with Gasteiger partial charge in [0.25, 0.3) is 0 Å². The largest absolute Gasteiger partial charge is 0.322 e. The first-order valence-electron chi connectivity index (χ1n) is 8.78. The van der Waals surface area contributed by atoms with Crippen LogP contribution in [0.5, 0.6) is 0 Å². The third kappa shape index (κ3) is 4.44. The van der Waals surface area contributed by atoms with E-state index in [1.807, 2.05) is 4.90 Å². The van der Waals surface area contributed by atoms with Gasteiger partial charge in [0.2, 0.25) is 0 Å². The van der Waals surface area contributed by atoms with Crippen molar-refractivity contribution in [3.63, 3.8) is 0 Å². The summed E-state index contributed by atoms with van der Waals surface area (Å²) in [6.07, 6.45) is 8.04. The van der Waals surface area contributed by atoms with Crippen LogP contribution in [0.25, 0.3) is 0 Å². The van der Waals surface area contributed by atoms with Crippen molar-refractivity contribution in [1.82, 2.24) is 9.80 Å². The smallest absolute Gasteiger partial charge is 0.321 e. The maximum atomic E-state index is 12.9. The van der Waals surface area contributed by atoms with Crippen LogP contribution in [0.2, 0.25) is 0 Å². The molecular formula is C18H26FN3O. The van der Waals surface area contributed by atoms with E-state index in [0.717, 1.165) is 26.2 Å². The molecule has 0 spiro atoms. The number of urea groups is 1. The van der Waals surface area contributed by atoms with Gasteiger partial charge >= 0.3 is 6.03 Å². The summed E-state index contributed by atoms with van der Waals surface area (Å²) in [5.74, 6) is -0.292. The van der Waals surface area contributed by atoms with Crippen molar-refractivity contribution < 1.29 is 9.18 Å². The molecule has 0 bridgehead atoms. The fourth-order valence-electron chi connectivity index (χ4n) is 3.65. The Morgan fingerprint density at radius 3 is 2.17 bits per heavy atom. The summed E-state index contributed by atoms with van der Waals surface area (Å²) in [7, 11) is 0. The maximum Gasteiger partial charge on any atom is 0.321 e. The summed E-state index contributed by atoms with van der Waals surface area (Å²) in [6, 6.07) is 6.53. The van der Waals surface area contributed by atoms with Crippen molar-refractivity contribution in [2.24, 2.45) is 0 Å². The summed E-state index contributed by atoms with van der Waals surface area (Å²) in [5.41, 5.74) is 0.641. The zero-order chi connectivity index (χ0) is 16.1. The van der Waals surface area contributed by atoms with Gasteiger partial charge in [-0.1, -0.05) is 25.7 Å². The highest BCUT2D eigenvalue weighted by atomic mass is 19.1. The first-order valence-corrected chi connectivity index (χ1v) is 8.78. The van der Waals surface area contributed by atoms with Gasteiger partial charge in [-0.3, -0.25) is 4.90 Å². The lowest BCUT2D eigenvalue weighted by molar-refractivity contribution is 0.105. The second kappa shape index (κ2) is 7.77. The zero-order valence-electron chi connectivity index (χ0n) is 13.6. The van der Waals surface area contributed by atoms with Gasteiger partial charge in [0.05, 0.1) is 0 Å². The third-order valence-corrected chi connectivity index (χ3v) is 5.04. The minimum Gasteiger partial charge on any atom is -0.322 e. The molecule has 0 unspecified atom stereocenters. The van der Waals surface area contributed by atoms with Crippen LogP contribution in [0.1, 0.15) is 38.5 Å². The predicted octanol–water partition coefficient (Wildman–Crippen LogP) is 3.70. The van der Waals surface area contributed by atoms with Crippen molar-refractivity contribution in [3.8, 4) is 0 Å². The third-order valence-electron chi connectivity index (χ3n) is 5.04. The van der Waals surface area contributed by atoms with Crippen molar-refractivity contribution in [1.29, 1.82) is 0 Å². The topological polar surface area (TPSA) is 35.6 Å². The average Bonchev–Trinajstić information content (AvgIpc) is 2.86. The molecule has 1 aliphatic heterocycles. The molecule has 3 rings (SSSR count). The van der Waals surface area contributed by atoms with Crippen molar-refractivity contribution in [2.45, 2.75) is 44.6 Å². The van der Waals surface area contributed by atoms with Gasteiger partial charge in [-0.05, 0) is 37.1 Å². The number of nitrogens with one attached hydrogen (secondary N) is 1. The number of piperazine rings is 1. The van der Waals surface area contributed by atoms with Gasteiger partial charge in [-0.2, -0.15) is 0 Å². The van der Waals surface area contributed by atoms with E-state index in [-0.39, 0.29) is 11.8 Å². The first-order chi connectivity index (χ1) is 11.2. The fraction of sp³-hybridized carbons (Fsp3) is 0.611. The molecule has 1 aromatic rings. The molecule has 1 heterocycles. The quantitative estimate of drug-likeness (QED) is 0.844. The lowest BCUT2D eigenvalue weighted by atomic mass is 10.1. The van der Waals surface area contributed by atoms with E-state index in [0.29, 0.717) is 11.7 Å². The Labute approximate surface area is 137 Å². The number of benzene rings is 1. The first kappa shape index (κ1) is 16.2. The van der Waals surface area contributed by atoms with E-state index in [2.05, 4.69) is 10.2 Å². The van der Waals surface area contributed by atoms with Crippen LogP contribution in [0.4, 0.5) is 14.9 Å². The Morgan fingerprint density at radius 1 is 0.957 bits per heavy atom. The SMILES string of the molecule is O=C(Nc1ccc(F)cc1)N1CCN(C2CCCCCC2)CC1. The number of hydrogen-bond donors (Lipinski definition) is 1. The zero-order valence-corrected chi connectivity index (χ0v) is 13.6. The van der Waals surface area contributed by atoms with Gasteiger partial charge in [0.15, 0.2) is 0 Å². The van der Waals surface area contributed by atoms with E-state index >= 15 is 0 Å². The fourth-order valence-corrected chi connectivity index (χ4v) is 3.65. The molecule has 1 aliphatic carbocycles. The molecule has 0 aromatic heterocycles. The minimum absolute atomic E-state index is 0.0860. The van der Waals surface area contributed by atoms with E-state index in [1.165, 1.54) is 50.7 Å². The number of anilines is 1. The number of halogens is 1. The van der Waals surface area contributed by atoms with Crippen LogP contribution < -0.4 is 5.32 Å². The molecule has 2 aliphatic rings. The van der Waals surface area contributed by atoms with Crippen molar-refractivity contribution in [3.05, 3.63) is 30.1 Å². The van der Waals surface area contributed by atoms with E-state index in [9.17, 15) is 9.18 Å². The van der Waals surface area contributed by atoms with Crippen LogP contribution in [0.3, 0.4) is 0 Å². The van der Waals surface area contributed by atoms with Crippen LogP contribution in [-0.2, 0) is 0 Å². The number of carbonyl (C=O) groups excluding carboxylic acids is 1. The van der Waals surface area contributed by atoms with E-state index in [1.54, 1.807) is 12.1 Å². The van der Waals surface area contributed by atoms with Gasteiger partial charge in [0.1, 0.15) is 5.82 Å². The van der Waals surface area contributed by atoms with E-state index < -0.39 is 0 Å². The molecule has 2 fully saturated rings. The highest BCUT2D eigenvalue weighted by molar-refractivity contribution is 5.89. The number of nitrogens with zero attached hydrogens (tertiary/aromatic N) is 2. The van der Waals surface area contributed by atoms with Crippen LogP contribution in [-0.4, -0.2) is 48.1 Å². The molecule has 126 valence electrons. The number of rotatable bonds is 2. The molecule has 1 saturated heterocycles. The average molecular weight is 319 g/mol. The molecule has 0 atom stereocenters. The maximum absolute atomic E-state index is 12.9. The Morgan fingerprint density at radius 2 is 1.57 bits per heavy atom. The minimum atomic E-state index is -0.292. The molecule has 4 nitrogen and oxygen atoms in total. The van der Waals surface area contributed by atoms with Crippen LogP contribution in [0.15, 0.2) is 24.3 Å². The summed E-state index contributed by atoms with van der Waals surface area (Å²) >= 11 is 0. The highest BCUT2D eigenvalue weighted by Gasteiger charge is 2.26. The summed E-state index contributed by atoms with van der Waals surface area (Å²) in [4.78, 5) is 16.7. The number of amides is 2. The number of carbonyl (C=O) groups is 1. The van der Waals surface area contributed by atoms with Crippen LogP contribution >= 0.6 is 0 Å². The summed E-state index contributed by atoms with van der Waals surface area (Å²) in [6.45, 7) is 3.45.